The minimum atomic E-state index is -1.41. The molecule has 2 aromatic rings. The number of carbonyl (C=O) groups excluding carboxylic acids is 1. The second kappa shape index (κ2) is 9.84. The topological polar surface area (TPSA) is 83.5 Å². The lowest BCUT2D eigenvalue weighted by atomic mass is 9.97. The van der Waals surface area contributed by atoms with Gasteiger partial charge in [-0.25, -0.2) is 0 Å². The lowest BCUT2D eigenvalue weighted by Gasteiger charge is -2.29. The normalized spacial score (nSPS) is 23.7. The first-order valence-electron chi connectivity index (χ1n) is 9.32. The molecule has 1 aliphatic rings. The van der Waals surface area contributed by atoms with Crippen LogP contribution in [0.3, 0.4) is 0 Å². The van der Waals surface area contributed by atoms with E-state index < -0.39 is 17.8 Å². The molecule has 0 aliphatic carbocycles. The molecule has 1 fully saturated rings. The van der Waals surface area contributed by atoms with Gasteiger partial charge in [0.1, 0.15) is 29.3 Å². The van der Waals surface area contributed by atoms with Gasteiger partial charge in [0.15, 0.2) is 6.29 Å². The van der Waals surface area contributed by atoms with Crippen LogP contribution >= 0.6 is 0 Å². The Balaban J connectivity index is 1.57. The standard InChI is InChI=1S/C22H26O7/c1-25-18-7-3-16(4-8-18)12-27-14-22(24)15-29-20(11-23)21(22)28-13-17-5-9-19(26-2)10-6-17/h3-11,20-21,24H,12-15H2,1-2H3/t20?,21-,22+/m1/s1. The summed E-state index contributed by atoms with van der Waals surface area (Å²) in [5.74, 6) is 1.50. The molecule has 1 saturated heterocycles. The molecule has 0 radical (unpaired) electrons. The number of hydrogen-bond acceptors (Lipinski definition) is 7. The predicted molar refractivity (Wildman–Crippen MR) is 105 cm³/mol. The lowest BCUT2D eigenvalue weighted by Crippen LogP contribution is -2.49. The Bertz CT molecular complexity index is 775. The van der Waals surface area contributed by atoms with E-state index in [4.69, 9.17) is 23.7 Å². The van der Waals surface area contributed by atoms with E-state index in [1.165, 1.54) is 0 Å². The molecule has 3 atom stereocenters. The van der Waals surface area contributed by atoms with Crippen LogP contribution in [0.4, 0.5) is 0 Å². The second-order valence-electron chi connectivity index (χ2n) is 6.94. The summed E-state index contributed by atoms with van der Waals surface area (Å²) in [5.41, 5.74) is 0.421. The van der Waals surface area contributed by atoms with Gasteiger partial charge < -0.3 is 33.6 Å². The molecule has 2 aromatic carbocycles. The van der Waals surface area contributed by atoms with Gasteiger partial charge in [0, 0.05) is 0 Å². The Hall–Kier alpha value is -2.45. The molecular formula is C22H26O7. The van der Waals surface area contributed by atoms with E-state index in [9.17, 15) is 9.90 Å². The van der Waals surface area contributed by atoms with Crippen LogP contribution in [0.25, 0.3) is 0 Å². The fourth-order valence-electron chi connectivity index (χ4n) is 3.18. The van der Waals surface area contributed by atoms with Crippen molar-refractivity contribution in [3.05, 3.63) is 59.7 Å². The average Bonchev–Trinajstić information content (AvgIpc) is 3.08. The molecule has 7 heteroatoms. The quantitative estimate of drug-likeness (QED) is 0.610. The first kappa shape index (κ1) is 21.3. The number of carbonyl (C=O) groups is 1. The zero-order valence-electron chi connectivity index (χ0n) is 16.6. The van der Waals surface area contributed by atoms with Gasteiger partial charge in [0.05, 0.1) is 40.6 Å². The summed E-state index contributed by atoms with van der Waals surface area (Å²) in [5, 5.41) is 11.0. The van der Waals surface area contributed by atoms with Gasteiger partial charge in [-0.3, -0.25) is 0 Å². The number of hydrogen-bond donors (Lipinski definition) is 1. The van der Waals surface area contributed by atoms with Crippen molar-refractivity contribution in [3.8, 4) is 11.5 Å². The third kappa shape index (κ3) is 5.33. The minimum absolute atomic E-state index is 0.0172. The van der Waals surface area contributed by atoms with Crippen molar-refractivity contribution >= 4 is 6.29 Å². The Morgan fingerprint density at radius 3 is 2.07 bits per heavy atom. The highest BCUT2D eigenvalue weighted by Crippen LogP contribution is 2.29. The van der Waals surface area contributed by atoms with Crippen molar-refractivity contribution in [3.63, 3.8) is 0 Å². The molecule has 7 nitrogen and oxygen atoms in total. The molecule has 1 heterocycles. The number of rotatable bonds is 10. The molecule has 156 valence electrons. The molecule has 3 rings (SSSR count). The Labute approximate surface area is 170 Å². The van der Waals surface area contributed by atoms with Gasteiger partial charge in [-0.2, -0.15) is 0 Å². The van der Waals surface area contributed by atoms with E-state index in [0.717, 1.165) is 22.6 Å². The molecule has 0 saturated carbocycles. The molecule has 0 aromatic heterocycles. The monoisotopic (exact) mass is 402 g/mol. The van der Waals surface area contributed by atoms with Crippen LogP contribution in [0, 0.1) is 0 Å². The van der Waals surface area contributed by atoms with Crippen LogP contribution in [0.2, 0.25) is 0 Å². The number of aldehydes is 1. The Morgan fingerprint density at radius 1 is 1.00 bits per heavy atom. The molecule has 1 N–H and O–H groups in total. The molecule has 1 aliphatic heterocycles. The number of aliphatic hydroxyl groups is 1. The zero-order chi connectivity index (χ0) is 20.7. The first-order valence-corrected chi connectivity index (χ1v) is 9.32. The molecular weight excluding hydrogens is 376 g/mol. The van der Waals surface area contributed by atoms with Crippen LogP contribution in [0.15, 0.2) is 48.5 Å². The third-order valence-electron chi connectivity index (χ3n) is 4.86. The highest BCUT2D eigenvalue weighted by Gasteiger charge is 2.50. The first-order chi connectivity index (χ1) is 14.1. The van der Waals surface area contributed by atoms with Crippen LogP contribution in [-0.4, -0.2) is 56.6 Å². The van der Waals surface area contributed by atoms with Crippen LogP contribution in [0.1, 0.15) is 11.1 Å². The highest BCUT2D eigenvalue weighted by molar-refractivity contribution is 5.58. The summed E-state index contributed by atoms with van der Waals surface area (Å²) in [6, 6.07) is 14.8. The van der Waals surface area contributed by atoms with Crippen molar-refractivity contribution in [2.24, 2.45) is 0 Å². The van der Waals surface area contributed by atoms with E-state index in [2.05, 4.69) is 0 Å². The maximum absolute atomic E-state index is 11.4. The molecule has 0 spiro atoms. The maximum Gasteiger partial charge on any atom is 0.151 e. The third-order valence-corrected chi connectivity index (χ3v) is 4.86. The van der Waals surface area contributed by atoms with Crippen molar-refractivity contribution in [1.82, 2.24) is 0 Å². The fraction of sp³-hybridized carbons (Fsp3) is 0.409. The van der Waals surface area contributed by atoms with E-state index in [0.29, 0.717) is 12.9 Å². The minimum Gasteiger partial charge on any atom is -0.497 e. The SMILES string of the molecule is COc1ccc(COC[C@]2(O)COC(C=O)[C@H]2OCc2ccc(OC)cc2)cc1. The van der Waals surface area contributed by atoms with Crippen molar-refractivity contribution < 1.29 is 33.6 Å². The van der Waals surface area contributed by atoms with Crippen molar-refractivity contribution in [2.75, 3.05) is 27.4 Å². The zero-order valence-corrected chi connectivity index (χ0v) is 16.6. The summed E-state index contributed by atoms with van der Waals surface area (Å²) in [7, 11) is 3.21. The predicted octanol–water partition coefficient (Wildman–Crippen LogP) is 2.13. The maximum atomic E-state index is 11.4. The van der Waals surface area contributed by atoms with Crippen molar-refractivity contribution in [2.45, 2.75) is 31.0 Å². The summed E-state index contributed by atoms with van der Waals surface area (Å²) >= 11 is 0. The van der Waals surface area contributed by atoms with Gasteiger partial charge in [0.25, 0.3) is 0 Å². The summed E-state index contributed by atoms with van der Waals surface area (Å²) < 4.78 is 27.3. The Morgan fingerprint density at radius 2 is 1.55 bits per heavy atom. The number of benzene rings is 2. The summed E-state index contributed by atoms with van der Waals surface area (Å²) in [6.07, 6.45) is -1.01. The molecule has 29 heavy (non-hydrogen) atoms. The van der Waals surface area contributed by atoms with Crippen molar-refractivity contribution in [1.29, 1.82) is 0 Å². The average molecular weight is 402 g/mol. The Kier molecular flexibility index (Phi) is 7.22. The van der Waals surface area contributed by atoms with Gasteiger partial charge in [-0.05, 0) is 35.4 Å². The molecule has 0 amide bonds. The van der Waals surface area contributed by atoms with E-state index in [-0.39, 0.29) is 19.8 Å². The molecule has 0 bridgehead atoms. The number of methoxy groups -OCH3 is 2. The van der Waals surface area contributed by atoms with Crippen LogP contribution in [0.5, 0.6) is 11.5 Å². The van der Waals surface area contributed by atoms with Gasteiger partial charge in [-0.15, -0.1) is 0 Å². The fourth-order valence-corrected chi connectivity index (χ4v) is 3.18. The molecule has 1 unspecified atom stereocenters. The summed E-state index contributed by atoms with van der Waals surface area (Å²) in [6.45, 7) is 0.482. The van der Waals surface area contributed by atoms with E-state index in [1.807, 2.05) is 48.5 Å². The van der Waals surface area contributed by atoms with Crippen LogP contribution < -0.4 is 9.47 Å². The smallest absolute Gasteiger partial charge is 0.151 e. The second-order valence-corrected chi connectivity index (χ2v) is 6.94. The number of ether oxygens (including phenoxy) is 5. The highest BCUT2D eigenvalue weighted by atomic mass is 16.6. The van der Waals surface area contributed by atoms with Gasteiger partial charge in [-0.1, -0.05) is 24.3 Å². The van der Waals surface area contributed by atoms with E-state index in [1.54, 1.807) is 14.2 Å². The van der Waals surface area contributed by atoms with Gasteiger partial charge in [0.2, 0.25) is 0 Å². The van der Waals surface area contributed by atoms with Gasteiger partial charge >= 0.3 is 0 Å². The summed E-state index contributed by atoms with van der Waals surface area (Å²) in [4.78, 5) is 11.4. The largest absolute Gasteiger partial charge is 0.497 e. The lowest BCUT2D eigenvalue weighted by molar-refractivity contribution is -0.138. The van der Waals surface area contributed by atoms with E-state index >= 15 is 0 Å². The van der Waals surface area contributed by atoms with Crippen LogP contribution in [-0.2, 0) is 32.2 Å².